The van der Waals surface area contributed by atoms with Crippen molar-refractivity contribution in [2.24, 2.45) is 0 Å². The molecule has 2 heterocycles. The molecule has 0 radical (unpaired) electrons. The zero-order valence-corrected chi connectivity index (χ0v) is 11.5. The summed E-state index contributed by atoms with van der Waals surface area (Å²) in [6, 6.07) is 0. The van der Waals surface area contributed by atoms with Gasteiger partial charge in [-0.25, -0.2) is 4.98 Å². The topological polar surface area (TPSA) is 78.5 Å². The van der Waals surface area contributed by atoms with Crippen LogP contribution in [0.4, 0.5) is 11.8 Å². The summed E-state index contributed by atoms with van der Waals surface area (Å²) >= 11 is 0. The van der Waals surface area contributed by atoms with Crippen molar-refractivity contribution in [3.8, 4) is 0 Å². The van der Waals surface area contributed by atoms with Crippen molar-refractivity contribution in [3.05, 3.63) is 6.33 Å². The Morgan fingerprint density at radius 1 is 1.32 bits per heavy atom. The number of aromatic nitrogens is 4. The van der Waals surface area contributed by atoms with Gasteiger partial charge in [0.2, 0.25) is 5.95 Å². The minimum Gasteiger partial charge on any atom is -0.363 e. The Morgan fingerprint density at radius 2 is 2.16 bits per heavy atom. The first-order valence-corrected chi connectivity index (χ1v) is 6.99. The summed E-state index contributed by atoms with van der Waals surface area (Å²) in [6.07, 6.45) is 6.49. The van der Waals surface area contributed by atoms with Gasteiger partial charge in [-0.15, -0.1) is 0 Å². The molecule has 1 saturated carbocycles. The van der Waals surface area contributed by atoms with Crippen LogP contribution in [-0.2, 0) is 0 Å². The molecule has 2 aromatic rings. The number of rotatable bonds is 5. The third-order valence-electron chi connectivity index (χ3n) is 3.99. The van der Waals surface area contributed by atoms with Gasteiger partial charge < -0.3 is 15.6 Å². The second-order valence-corrected chi connectivity index (χ2v) is 5.14. The summed E-state index contributed by atoms with van der Waals surface area (Å²) in [5, 5.41) is 6.76. The molecule has 0 unspecified atom stereocenters. The van der Waals surface area contributed by atoms with Gasteiger partial charge in [0.1, 0.15) is 5.52 Å². The number of anilines is 2. The highest BCUT2D eigenvalue weighted by molar-refractivity contribution is 5.84. The lowest BCUT2D eigenvalue weighted by Gasteiger charge is -2.42. The predicted octanol–water partition coefficient (Wildman–Crippen LogP) is 2.53. The molecule has 19 heavy (non-hydrogen) atoms. The minimum atomic E-state index is 0.204. The molecule has 1 fully saturated rings. The third kappa shape index (κ3) is 2.11. The number of fused-ring (bicyclic) bond motifs is 1. The van der Waals surface area contributed by atoms with E-state index in [4.69, 9.17) is 0 Å². The molecule has 1 aliphatic carbocycles. The van der Waals surface area contributed by atoms with Crippen LogP contribution >= 0.6 is 0 Å². The van der Waals surface area contributed by atoms with Gasteiger partial charge in [-0.3, -0.25) is 0 Å². The van der Waals surface area contributed by atoms with Crippen LogP contribution in [0.5, 0.6) is 0 Å². The molecule has 0 aromatic carbocycles. The predicted molar refractivity (Wildman–Crippen MR) is 76.3 cm³/mol. The van der Waals surface area contributed by atoms with Crippen molar-refractivity contribution < 1.29 is 0 Å². The van der Waals surface area contributed by atoms with Gasteiger partial charge in [-0.05, 0) is 32.6 Å². The number of imidazole rings is 1. The Balaban J connectivity index is 1.98. The Bertz CT molecular complexity index is 566. The fraction of sp³-hybridized carbons (Fsp3) is 0.615. The van der Waals surface area contributed by atoms with E-state index in [9.17, 15) is 0 Å². The molecule has 3 rings (SSSR count). The largest absolute Gasteiger partial charge is 0.363 e. The Labute approximate surface area is 112 Å². The van der Waals surface area contributed by atoms with Crippen LogP contribution in [0.15, 0.2) is 6.33 Å². The molecule has 0 saturated heterocycles. The van der Waals surface area contributed by atoms with E-state index < -0.39 is 0 Å². The van der Waals surface area contributed by atoms with Gasteiger partial charge in [0.05, 0.1) is 6.33 Å². The van der Waals surface area contributed by atoms with Gasteiger partial charge >= 0.3 is 0 Å². The van der Waals surface area contributed by atoms with Crippen LogP contribution in [0.2, 0.25) is 0 Å². The maximum atomic E-state index is 4.57. The smallest absolute Gasteiger partial charge is 0.226 e. The molecule has 1 aliphatic rings. The Kier molecular flexibility index (Phi) is 3.00. The van der Waals surface area contributed by atoms with E-state index in [0.717, 1.165) is 24.3 Å². The maximum absolute atomic E-state index is 4.57. The van der Waals surface area contributed by atoms with Crippen molar-refractivity contribution >= 4 is 22.9 Å². The van der Waals surface area contributed by atoms with E-state index >= 15 is 0 Å². The fourth-order valence-electron chi connectivity index (χ4n) is 2.58. The second-order valence-electron chi connectivity index (χ2n) is 5.14. The quantitative estimate of drug-likeness (QED) is 0.770. The molecule has 3 N–H and O–H groups in total. The lowest BCUT2D eigenvalue weighted by atomic mass is 9.75. The molecular formula is C13H20N6. The molecule has 0 spiro atoms. The highest BCUT2D eigenvalue weighted by Crippen LogP contribution is 2.38. The van der Waals surface area contributed by atoms with Crippen LogP contribution in [0, 0.1) is 0 Å². The lowest BCUT2D eigenvalue weighted by Crippen LogP contribution is -2.44. The van der Waals surface area contributed by atoms with Crippen molar-refractivity contribution in [3.63, 3.8) is 0 Å². The van der Waals surface area contributed by atoms with Crippen molar-refractivity contribution in [2.75, 3.05) is 17.2 Å². The molecule has 0 atom stereocenters. The molecule has 2 aromatic heterocycles. The third-order valence-corrected chi connectivity index (χ3v) is 3.99. The summed E-state index contributed by atoms with van der Waals surface area (Å²) in [6.45, 7) is 5.06. The molecule has 102 valence electrons. The Morgan fingerprint density at radius 3 is 2.79 bits per heavy atom. The van der Waals surface area contributed by atoms with Gasteiger partial charge in [0.15, 0.2) is 11.5 Å². The highest BCUT2D eigenvalue weighted by atomic mass is 15.2. The summed E-state index contributed by atoms with van der Waals surface area (Å²) in [4.78, 5) is 16.3. The van der Waals surface area contributed by atoms with Gasteiger partial charge in [-0.1, -0.05) is 6.92 Å². The number of hydrogen-bond donors (Lipinski definition) is 3. The fourth-order valence-corrected chi connectivity index (χ4v) is 2.58. The van der Waals surface area contributed by atoms with Crippen LogP contribution in [0.3, 0.4) is 0 Å². The molecule has 0 aliphatic heterocycles. The van der Waals surface area contributed by atoms with E-state index in [1.165, 1.54) is 19.3 Å². The zero-order valence-electron chi connectivity index (χ0n) is 11.5. The number of H-pyrrole nitrogens is 1. The van der Waals surface area contributed by atoms with Gasteiger partial charge in [-0.2, -0.15) is 9.97 Å². The van der Waals surface area contributed by atoms with Crippen molar-refractivity contribution in [1.82, 2.24) is 19.9 Å². The molecule has 0 amide bonds. The monoisotopic (exact) mass is 260 g/mol. The summed E-state index contributed by atoms with van der Waals surface area (Å²) in [5.74, 6) is 1.50. The van der Waals surface area contributed by atoms with Crippen LogP contribution in [0.1, 0.15) is 39.5 Å². The number of aromatic amines is 1. The average molecular weight is 260 g/mol. The normalized spacial score (nSPS) is 17.2. The Hall–Kier alpha value is -1.85. The number of nitrogens with one attached hydrogen (secondary N) is 3. The van der Waals surface area contributed by atoms with E-state index in [-0.39, 0.29) is 5.54 Å². The van der Waals surface area contributed by atoms with E-state index in [1.807, 2.05) is 6.92 Å². The summed E-state index contributed by atoms with van der Waals surface area (Å²) in [7, 11) is 0. The van der Waals surface area contributed by atoms with Crippen LogP contribution in [0.25, 0.3) is 11.2 Å². The first kappa shape index (κ1) is 12.2. The maximum Gasteiger partial charge on any atom is 0.226 e. The summed E-state index contributed by atoms with van der Waals surface area (Å²) in [5.41, 5.74) is 1.80. The highest BCUT2D eigenvalue weighted by Gasteiger charge is 2.35. The zero-order chi connectivity index (χ0) is 13.3. The van der Waals surface area contributed by atoms with Crippen molar-refractivity contribution in [2.45, 2.75) is 45.1 Å². The van der Waals surface area contributed by atoms with E-state index in [2.05, 4.69) is 37.5 Å². The van der Waals surface area contributed by atoms with Crippen LogP contribution in [-0.4, -0.2) is 32.0 Å². The lowest BCUT2D eigenvalue weighted by molar-refractivity contribution is 0.269. The number of hydrogen-bond acceptors (Lipinski definition) is 5. The number of nitrogens with zero attached hydrogens (tertiary/aromatic N) is 3. The summed E-state index contributed by atoms with van der Waals surface area (Å²) < 4.78 is 0. The van der Waals surface area contributed by atoms with E-state index in [1.54, 1.807) is 6.33 Å². The first-order valence-electron chi connectivity index (χ1n) is 6.99. The van der Waals surface area contributed by atoms with Crippen molar-refractivity contribution in [1.29, 1.82) is 0 Å². The van der Waals surface area contributed by atoms with Gasteiger partial charge in [0, 0.05) is 12.1 Å². The average Bonchev–Trinajstić information content (AvgIpc) is 2.82. The molecule has 6 nitrogen and oxygen atoms in total. The standard InChI is InChI=1S/C13H20N6/c1-3-13(6-5-7-13)19-11-9-10(16-8-15-9)17-12(18-11)14-4-2/h8H,3-7H2,1-2H3,(H3,14,15,16,17,18,19). The second kappa shape index (κ2) is 4.68. The molecular weight excluding hydrogens is 240 g/mol. The van der Waals surface area contributed by atoms with E-state index in [0.29, 0.717) is 11.6 Å². The first-order chi connectivity index (χ1) is 9.26. The molecule has 6 heteroatoms. The van der Waals surface area contributed by atoms with Crippen LogP contribution < -0.4 is 10.6 Å². The van der Waals surface area contributed by atoms with Gasteiger partial charge in [0.25, 0.3) is 0 Å². The SMILES string of the molecule is CCNc1nc(NC2(CC)CCC2)c2[nH]cnc2n1. The minimum absolute atomic E-state index is 0.204. The molecule has 0 bridgehead atoms.